The van der Waals surface area contributed by atoms with E-state index in [0.717, 1.165) is 34.6 Å². The van der Waals surface area contributed by atoms with Crippen LogP contribution < -0.4 is 15.4 Å². The van der Waals surface area contributed by atoms with Gasteiger partial charge in [0.05, 0.1) is 5.56 Å². The zero-order chi connectivity index (χ0) is 25.1. The van der Waals surface area contributed by atoms with Gasteiger partial charge in [-0.3, -0.25) is 4.79 Å². The summed E-state index contributed by atoms with van der Waals surface area (Å²) in [6.45, 7) is 2.79. The molecule has 2 heterocycles. The molecule has 1 aliphatic rings. The molecule has 5 rings (SSSR count). The molecule has 9 heteroatoms. The lowest BCUT2D eigenvalue weighted by Gasteiger charge is -2.32. The van der Waals surface area contributed by atoms with Gasteiger partial charge in [-0.1, -0.05) is 24.3 Å². The van der Waals surface area contributed by atoms with Crippen LogP contribution in [0.25, 0.3) is 11.1 Å². The molecule has 1 saturated heterocycles. The number of hydrogen-bond donors (Lipinski definition) is 3. The Morgan fingerprint density at radius 3 is 2.67 bits per heavy atom. The molecule has 1 aromatic heterocycles. The molecule has 186 valence electrons. The average molecular weight is 506 g/mol. The third-order valence-corrected chi connectivity index (χ3v) is 9.69. The predicted molar refractivity (Wildman–Crippen MR) is 141 cm³/mol. The minimum absolute atomic E-state index is 0.173. The summed E-state index contributed by atoms with van der Waals surface area (Å²) in [5.41, 5.74) is 4.43. The zero-order valence-corrected chi connectivity index (χ0v) is 20.6. The Morgan fingerprint density at radius 1 is 1.14 bits per heavy atom. The smallest absolute Gasteiger partial charge is 0.335 e. The number of nitrogens with one attached hydrogen (secondary N) is 2. The van der Waals surface area contributed by atoms with E-state index in [2.05, 4.69) is 15.6 Å². The summed E-state index contributed by atoms with van der Waals surface area (Å²) in [4.78, 5) is 29.1. The first-order valence-electron chi connectivity index (χ1n) is 11.6. The number of rotatable bonds is 8. The van der Waals surface area contributed by atoms with E-state index in [1.165, 1.54) is 12.1 Å². The van der Waals surface area contributed by atoms with E-state index in [-0.39, 0.29) is 17.1 Å². The van der Waals surface area contributed by atoms with Gasteiger partial charge in [0.15, 0.2) is 10.7 Å². The zero-order valence-electron chi connectivity index (χ0n) is 19.8. The molecule has 0 bridgehead atoms. The van der Waals surface area contributed by atoms with Crippen molar-refractivity contribution in [1.82, 2.24) is 10.3 Å². The maximum Gasteiger partial charge on any atom is 0.335 e. The first-order valence-corrected chi connectivity index (χ1v) is 13.7. The van der Waals surface area contributed by atoms with Crippen molar-refractivity contribution in [3.8, 4) is 5.75 Å². The largest absolute Gasteiger partial charge is 0.484 e. The number of fused-ring (bicyclic) bond motifs is 1. The van der Waals surface area contributed by atoms with Crippen LogP contribution in [0.2, 0.25) is 0 Å². The van der Waals surface area contributed by atoms with E-state index in [1.54, 1.807) is 12.1 Å². The van der Waals surface area contributed by atoms with Crippen LogP contribution in [0.4, 0.5) is 11.7 Å². The number of carboxylic acids is 1. The van der Waals surface area contributed by atoms with E-state index in [9.17, 15) is 9.59 Å². The normalized spacial score (nSPS) is 19.0. The minimum Gasteiger partial charge on any atom is -0.484 e. The number of hydrogen-bond acceptors (Lipinski definition) is 7. The second kappa shape index (κ2) is 10.0. The summed E-state index contributed by atoms with van der Waals surface area (Å²) in [7, 11) is -1.70. The summed E-state index contributed by atoms with van der Waals surface area (Å²) in [5, 5.41) is 15.8. The van der Waals surface area contributed by atoms with Crippen molar-refractivity contribution in [3.63, 3.8) is 0 Å². The van der Waals surface area contributed by atoms with Crippen LogP contribution in [0.1, 0.15) is 21.5 Å². The highest BCUT2D eigenvalue weighted by Crippen LogP contribution is 2.50. The van der Waals surface area contributed by atoms with Gasteiger partial charge in [-0.2, -0.15) is 4.98 Å². The van der Waals surface area contributed by atoms with Gasteiger partial charge in [0.1, 0.15) is 17.2 Å². The molecule has 1 aliphatic heterocycles. The van der Waals surface area contributed by atoms with Crippen LogP contribution in [-0.4, -0.2) is 45.3 Å². The lowest BCUT2D eigenvalue weighted by molar-refractivity contribution is -0.110. The second-order valence-corrected chi connectivity index (χ2v) is 12.3. The predicted octanol–water partition coefficient (Wildman–Crippen LogP) is 5.05. The Balaban J connectivity index is 1.28. The Kier molecular flexibility index (Phi) is 6.67. The molecule has 4 aromatic rings. The van der Waals surface area contributed by atoms with Gasteiger partial charge in [0.25, 0.3) is 6.01 Å². The van der Waals surface area contributed by atoms with E-state index in [0.29, 0.717) is 29.2 Å². The number of aromatic nitrogens is 1. The topological polar surface area (TPSA) is 114 Å². The summed E-state index contributed by atoms with van der Waals surface area (Å²) < 4.78 is 11.9. The van der Waals surface area contributed by atoms with Crippen LogP contribution in [0.15, 0.2) is 71.1 Å². The van der Waals surface area contributed by atoms with Crippen LogP contribution in [0, 0.1) is 6.92 Å². The molecule has 3 aromatic carbocycles. The maximum absolute atomic E-state index is 13.5. The van der Waals surface area contributed by atoms with E-state index < -0.39 is 16.0 Å². The molecular weight excluding hydrogens is 478 g/mol. The SMILES string of the molecule is Cc1ccccc1Nc1nc2ccc(CC(=O)S3(COc4ccc(C(=O)O)cc4)CCNC3)cc2o1. The fraction of sp³-hybridized carbons (Fsp3) is 0.222. The van der Waals surface area contributed by atoms with E-state index >= 15 is 0 Å². The molecule has 1 fully saturated rings. The number of aromatic carboxylic acids is 1. The van der Waals surface area contributed by atoms with E-state index in [1.807, 2.05) is 49.4 Å². The molecule has 0 radical (unpaired) electrons. The van der Waals surface area contributed by atoms with Crippen LogP contribution in [-0.2, 0) is 11.2 Å². The number of carbonyl (C=O) groups is 2. The average Bonchev–Trinajstić information content (AvgIpc) is 3.52. The van der Waals surface area contributed by atoms with E-state index in [4.69, 9.17) is 14.3 Å². The number of para-hydroxylation sites is 1. The number of ether oxygens (including phenoxy) is 1. The first-order chi connectivity index (χ1) is 17.4. The van der Waals surface area contributed by atoms with Crippen molar-refractivity contribution in [2.45, 2.75) is 13.3 Å². The van der Waals surface area contributed by atoms with Gasteiger partial charge in [-0.25, -0.2) is 4.79 Å². The summed E-state index contributed by atoms with van der Waals surface area (Å²) >= 11 is 0. The lowest BCUT2D eigenvalue weighted by atomic mass is 10.1. The molecule has 0 spiro atoms. The number of anilines is 2. The van der Waals surface area contributed by atoms with Crippen molar-refractivity contribution in [3.05, 3.63) is 83.4 Å². The number of benzene rings is 3. The van der Waals surface area contributed by atoms with Gasteiger partial charge in [0, 0.05) is 30.3 Å². The number of nitrogens with zero attached hydrogens (tertiary/aromatic N) is 1. The first kappa shape index (κ1) is 23.9. The number of aryl methyl sites for hydroxylation is 1. The third kappa shape index (κ3) is 5.07. The molecule has 1 unspecified atom stereocenters. The Labute approximate surface area is 210 Å². The summed E-state index contributed by atoms with van der Waals surface area (Å²) in [6.07, 6.45) is 0.287. The monoisotopic (exact) mass is 505 g/mol. The summed E-state index contributed by atoms with van der Waals surface area (Å²) in [5.74, 6) is 1.26. The molecule has 0 amide bonds. The number of carboxylic acid groups (broad SMARTS) is 1. The highest BCUT2D eigenvalue weighted by molar-refractivity contribution is 8.45. The molecular formula is C27H27N3O5S. The fourth-order valence-electron chi connectivity index (χ4n) is 4.12. The van der Waals surface area contributed by atoms with Crippen molar-refractivity contribution in [1.29, 1.82) is 0 Å². The van der Waals surface area contributed by atoms with Gasteiger partial charge >= 0.3 is 5.97 Å². The van der Waals surface area contributed by atoms with Crippen LogP contribution in [0.3, 0.4) is 0 Å². The highest BCUT2D eigenvalue weighted by Gasteiger charge is 2.36. The molecule has 3 N–H and O–H groups in total. The second-order valence-electron chi connectivity index (χ2n) is 8.80. The van der Waals surface area contributed by atoms with Gasteiger partial charge in [0.2, 0.25) is 0 Å². The standard InChI is InChI=1S/C27H27N3O5S/c1-18-4-2-3-5-22(18)29-27-30-23-11-6-19(14-24(23)35-27)15-25(31)36(13-12-28-16-36)17-34-21-9-7-20(8-10-21)26(32)33/h2-11,14,28H,12-13,15-17H2,1H3,(H,29,30)(H,32,33). The molecule has 0 aliphatic carbocycles. The Bertz CT molecular complexity index is 1410. The Morgan fingerprint density at radius 2 is 1.94 bits per heavy atom. The summed E-state index contributed by atoms with van der Waals surface area (Å²) in [6, 6.07) is 20.3. The lowest BCUT2D eigenvalue weighted by Crippen LogP contribution is -2.24. The van der Waals surface area contributed by atoms with Gasteiger partial charge in [-0.05, 0) is 60.5 Å². The number of carbonyl (C=O) groups excluding carboxylic acids is 1. The number of oxazole rings is 1. The van der Waals surface area contributed by atoms with Crippen molar-refractivity contribution in [2.75, 3.05) is 29.4 Å². The van der Waals surface area contributed by atoms with Crippen LogP contribution >= 0.6 is 10.0 Å². The fourth-order valence-corrected chi connectivity index (χ4v) is 6.89. The van der Waals surface area contributed by atoms with Gasteiger partial charge < -0.3 is 24.9 Å². The maximum atomic E-state index is 13.5. The van der Waals surface area contributed by atoms with Crippen LogP contribution in [0.5, 0.6) is 5.75 Å². The molecule has 0 saturated carbocycles. The third-order valence-electron chi connectivity index (χ3n) is 6.27. The Hall–Kier alpha value is -3.82. The highest BCUT2D eigenvalue weighted by atomic mass is 32.3. The quantitative estimate of drug-likeness (QED) is 0.305. The molecule has 8 nitrogen and oxygen atoms in total. The minimum atomic E-state index is -1.70. The molecule has 1 atom stereocenters. The molecule has 36 heavy (non-hydrogen) atoms. The van der Waals surface area contributed by atoms with Crippen molar-refractivity contribution < 1.29 is 23.8 Å². The van der Waals surface area contributed by atoms with Gasteiger partial charge in [-0.15, -0.1) is 10.0 Å². The van der Waals surface area contributed by atoms with Crippen molar-refractivity contribution in [2.24, 2.45) is 0 Å². The van der Waals surface area contributed by atoms with Crippen molar-refractivity contribution >= 4 is 43.9 Å².